The lowest BCUT2D eigenvalue weighted by molar-refractivity contribution is -0.121. The van der Waals surface area contributed by atoms with Gasteiger partial charge in [-0.1, -0.05) is 26.7 Å². The monoisotopic (exact) mass is 367 g/mol. The lowest BCUT2D eigenvalue weighted by Crippen LogP contribution is -2.52. The molecule has 1 heterocycles. The molecule has 0 aromatic carbocycles. The Kier molecular flexibility index (Phi) is 9.18. The van der Waals surface area contributed by atoms with E-state index in [0.717, 1.165) is 51.6 Å². The summed E-state index contributed by atoms with van der Waals surface area (Å²) in [5.74, 6) is 1.45. The largest absolute Gasteiger partial charge is 0.379 e. The zero-order valence-electron chi connectivity index (χ0n) is 16.7. The zero-order valence-corrected chi connectivity index (χ0v) is 16.7. The molecule has 0 aromatic heterocycles. The Morgan fingerprint density at radius 1 is 1.19 bits per heavy atom. The standard InChI is InChI=1S/C19H37N5O2/c1-15(2)17(24-10-12-26-13-11-24)14-22-19(20-3)21-9-8-18(25)23-16-6-4-5-7-16/h15-17H,4-14H2,1-3H3,(H,23,25)(H2,20,21,22). The molecule has 1 amide bonds. The van der Waals surface area contributed by atoms with E-state index < -0.39 is 0 Å². The fourth-order valence-electron chi connectivity index (χ4n) is 3.78. The summed E-state index contributed by atoms with van der Waals surface area (Å²) in [4.78, 5) is 18.8. The van der Waals surface area contributed by atoms with Gasteiger partial charge in [0.05, 0.1) is 13.2 Å². The molecular formula is C19H37N5O2. The number of carbonyl (C=O) groups excluding carboxylic acids is 1. The maximum atomic E-state index is 12.0. The molecule has 2 fully saturated rings. The number of carbonyl (C=O) groups is 1. The third kappa shape index (κ3) is 7.11. The van der Waals surface area contributed by atoms with Crippen molar-refractivity contribution in [2.24, 2.45) is 10.9 Å². The van der Waals surface area contributed by atoms with Crippen molar-refractivity contribution in [1.29, 1.82) is 0 Å². The average Bonchev–Trinajstić information content (AvgIpc) is 3.14. The van der Waals surface area contributed by atoms with Crippen molar-refractivity contribution >= 4 is 11.9 Å². The summed E-state index contributed by atoms with van der Waals surface area (Å²) >= 11 is 0. The number of morpholine rings is 1. The first kappa shape index (κ1) is 21.0. The van der Waals surface area contributed by atoms with Crippen LogP contribution in [0.25, 0.3) is 0 Å². The maximum absolute atomic E-state index is 12.0. The summed E-state index contributed by atoms with van der Waals surface area (Å²) in [5.41, 5.74) is 0. The van der Waals surface area contributed by atoms with Gasteiger partial charge in [0, 0.05) is 51.7 Å². The van der Waals surface area contributed by atoms with Crippen molar-refractivity contribution in [2.45, 2.75) is 58.0 Å². The first-order valence-electron chi connectivity index (χ1n) is 10.2. The summed E-state index contributed by atoms with van der Waals surface area (Å²) in [7, 11) is 1.77. The molecule has 0 radical (unpaired) electrons. The number of nitrogens with one attached hydrogen (secondary N) is 3. The predicted molar refractivity (Wildman–Crippen MR) is 105 cm³/mol. The molecule has 0 spiro atoms. The molecule has 0 aromatic rings. The predicted octanol–water partition coefficient (Wildman–Crippen LogP) is 0.957. The van der Waals surface area contributed by atoms with E-state index in [4.69, 9.17) is 4.74 Å². The molecule has 1 atom stereocenters. The Balaban J connectivity index is 1.67. The smallest absolute Gasteiger partial charge is 0.221 e. The van der Waals surface area contributed by atoms with Gasteiger partial charge in [0.2, 0.25) is 5.91 Å². The van der Waals surface area contributed by atoms with Crippen LogP contribution in [0.5, 0.6) is 0 Å². The van der Waals surface area contributed by atoms with Crippen LogP contribution in [0.4, 0.5) is 0 Å². The first-order chi connectivity index (χ1) is 12.6. The van der Waals surface area contributed by atoms with Crippen molar-refractivity contribution in [3.05, 3.63) is 0 Å². The molecular weight excluding hydrogens is 330 g/mol. The minimum Gasteiger partial charge on any atom is -0.379 e. The Morgan fingerprint density at radius 2 is 1.88 bits per heavy atom. The van der Waals surface area contributed by atoms with E-state index in [9.17, 15) is 4.79 Å². The second kappa shape index (κ2) is 11.4. The third-order valence-electron chi connectivity index (χ3n) is 5.35. The molecule has 1 saturated carbocycles. The van der Waals surface area contributed by atoms with Crippen molar-refractivity contribution in [1.82, 2.24) is 20.9 Å². The second-order valence-electron chi connectivity index (χ2n) is 7.64. The Labute approximate surface area is 158 Å². The summed E-state index contributed by atoms with van der Waals surface area (Å²) in [6.07, 6.45) is 5.20. The number of aliphatic imine (C=N–C) groups is 1. The van der Waals surface area contributed by atoms with E-state index in [-0.39, 0.29) is 5.91 Å². The third-order valence-corrected chi connectivity index (χ3v) is 5.35. The van der Waals surface area contributed by atoms with Crippen LogP contribution in [-0.4, -0.2) is 75.3 Å². The molecule has 3 N–H and O–H groups in total. The Hall–Kier alpha value is -1.34. The van der Waals surface area contributed by atoms with Gasteiger partial charge in [0.1, 0.15) is 0 Å². The SMILES string of the molecule is CN=C(NCCC(=O)NC1CCCC1)NCC(C(C)C)N1CCOCC1. The van der Waals surface area contributed by atoms with Gasteiger partial charge in [-0.3, -0.25) is 14.7 Å². The number of ether oxygens (including phenoxy) is 1. The number of guanidine groups is 1. The van der Waals surface area contributed by atoms with Gasteiger partial charge in [-0.2, -0.15) is 0 Å². The summed E-state index contributed by atoms with van der Waals surface area (Å²) in [6.45, 7) is 9.54. The molecule has 26 heavy (non-hydrogen) atoms. The first-order valence-corrected chi connectivity index (χ1v) is 10.2. The zero-order chi connectivity index (χ0) is 18.8. The normalized spacial score (nSPS) is 21.0. The summed E-state index contributed by atoms with van der Waals surface area (Å²) in [5, 5.41) is 9.80. The summed E-state index contributed by atoms with van der Waals surface area (Å²) in [6, 6.07) is 0.836. The highest BCUT2D eigenvalue weighted by atomic mass is 16.5. The molecule has 7 heteroatoms. The van der Waals surface area contributed by atoms with Crippen molar-refractivity contribution in [3.63, 3.8) is 0 Å². The second-order valence-corrected chi connectivity index (χ2v) is 7.64. The number of nitrogens with zero attached hydrogens (tertiary/aromatic N) is 2. The molecule has 2 rings (SSSR count). The molecule has 1 aliphatic carbocycles. The van der Waals surface area contributed by atoms with Crippen LogP contribution in [0.3, 0.4) is 0 Å². The van der Waals surface area contributed by atoms with Crippen LogP contribution in [-0.2, 0) is 9.53 Å². The number of rotatable bonds is 8. The van der Waals surface area contributed by atoms with Gasteiger partial charge in [-0.05, 0) is 18.8 Å². The van der Waals surface area contributed by atoms with Crippen molar-refractivity contribution < 1.29 is 9.53 Å². The quantitative estimate of drug-likeness (QED) is 0.440. The molecule has 7 nitrogen and oxygen atoms in total. The molecule has 150 valence electrons. The highest BCUT2D eigenvalue weighted by Gasteiger charge is 2.24. The van der Waals surface area contributed by atoms with Gasteiger partial charge < -0.3 is 20.7 Å². The Morgan fingerprint density at radius 3 is 2.50 bits per heavy atom. The van der Waals surface area contributed by atoms with Crippen LogP contribution in [0.2, 0.25) is 0 Å². The maximum Gasteiger partial charge on any atom is 0.221 e. The number of hydrogen-bond donors (Lipinski definition) is 3. The van der Waals surface area contributed by atoms with Crippen LogP contribution < -0.4 is 16.0 Å². The molecule has 1 unspecified atom stereocenters. The summed E-state index contributed by atoms with van der Waals surface area (Å²) < 4.78 is 5.46. The number of hydrogen-bond acceptors (Lipinski definition) is 4. The minimum atomic E-state index is 0.133. The van der Waals surface area contributed by atoms with E-state index >= 15 is 0 Å². The van der Waals surface area contributed by atoms with E-state index in [1.165, 1.54) is 12.8 Å². The average molecular weight is 368 g/mol. The van der Waals surface area contributed by atoms with E-state index in [2.05, 4.69) is 39.7 Å². The highest BCUT2D eigenvalue weighted by Crippen LogP contribution is 2.17. The van der Waals surface area contributed by atoms with Crippen LogP contribution in [0.1, 0.15) is 46.0 Å². The van der Waals surface area contributed by atoms with Crippen LogP contribution in [0.15, 0.2) is 4.99 Å². The Bertz CT molecular complexity index is 443. The van der Waals surface area contributed by atoms with Gasteiger partial charge in [0.15, 0.2) is 5.96 Å². The van der Waals surface area contributed by atoms with Gasteiger partial charge >= 0.3 is 0 Å². The van der Waals surface area contributed by atoms with Crippen molar-refractivity contribution in [2.75, 3.05) is 46.4 Å². The molecule has 1 saturated heterocycles. The van der Waals surface area contributed by atoms with Crippen LogP contribution >= 0.6 is 0 Å². The lowest BCUT2D eigenvalue weighted by Gasteiger charge is -2.37. The molecule has 2 aliphatic rings. The molecule has 0 bridgehead atoms. The topological polar surface area (TPSA) is 78.0 Å². The lowest BCUT2D eigenvalue weighted by atomic mass is 10.0. The van der Waals surface area contributed by atoms with Crippen LogP contribution in [0, 0.1) is 5.92 Å². The van der Waals surface area contributed by atoms with Crippen molar-refractivity contribution in [3.8, 4) is 0 Å². The van der Waals surface area contributed by atoms with Gasteiger partial charge in [-0.15, -0.1) is 0 Å². The van der Waals surface area contributed by atoms with Gasteiger partial charge in [0.25, 0.3) is 0 Å². The number of amides is 1. The van der Waals surface area contributed by atoms with E-state index in [1.807, 2.05) is 0 Å². The fourth-order valence-corrected chi connectivity index (χ4v) is 3.78. The fraction of sp³-hybridized carbons (Fsp3) is 0.895. The van der Waals surface area contributed by atoms with Gasteiger partial charge in [-0.25, -0.2) is 0 Å². The highest BCUT2D eigenvalue weighted by molar-refractivity contribution is 5.81. The minimum absolute atomic E-state index is 0.133. The van der Waals surface area contributed by atoms with E-state index in [1.54, 1.807) is 7.05 Å². The van der Waals surface area contributed by atoms with E-state index in [0.29, 0.717) is 31.0 Å². The molecule has 1 aliphatic heterocycles.